The molecule has 0 aliphatic carbocycles. The minimum atomic E-state index is 0.555. The van der Waals surface area contributed by atoms with Crippen molar-refractivity contribution in [3.63, 3.8) is 0 Å². The third-order valence-corrected chi connectivity index (χ3v) is 3.47. The van der Waals surface area contributed by atoms with E-state index in [1.165, 1.54) is 0 Å². The fourth-order valence-electron chi connectivity index (χ4n) is 2.09. The molecule has 0 saturated carbocycles. The molecule has 21 heavy (non-hydrogen) atoms. The van der Waals surface area contributed by atoms with Gasteiger partial charge in [-0.25, -0.2) is 0 Å². The summed E-state index contributed by atoms with van der Waals surface area (Å²) in [6, 6.07) is 23.1. The van der Waals surface area contributed by atoms with Gasteiger partial charge in [0.15, 0.2) is 0 Å². The summed E-state index contributed by atoms with van der Waals surface area (Å²) >= 11 is 6.32. The van der Waals surface area contributed by atoms with E-state index in [-0.39, 0.29) is 0 Å². The second-order valence-corrected chi connectivity index (χ2v) is 5.06. The Labute approximate surface area is 128 Å². The zero-order valence-corrected chi connectivity index (χ0v) is 12.0. The second-order valence-electron chi connectivity index (χ2n) is 4.65. The van der Waals surface area contributed by atoms with Crippen LogP contribution in [0.4, 0.5) is 5.69 Å². The number of halogens is 1. The fourth-order valence-corrected chi connectivity index (χ4v) is 2.30. The Morgan fingerprint density at radius 3 is 2.14 bits per heavy atom. The van der Waals surface area contributed by atoms with Gasteiger partial charge in [0.05, 0.1) is 10.7 Å². The largest absolute Gasteiger partial charge is 0.454 e. The van der Waals surface area contributed by atoms with Crippen molar-refractivity contribution >= 4 is 17.3 Å². The number of benzene rings is 3. The van der Waals surface area contributed by atoms with Gasteiger partial charge in [0.25, 0.3) is 0 Å². The number of para-hydroxylation sites is 2. The Balaban J connectivity index is 1.90. The molecule has 0 saturated heterocycles. The Hall–Kier alpha value is -2.45. The molecule has 0 fully saturated rings. The van der Waals surface area contributed by atoms with E-state index in [4.69, 9.17) is 22.1 Å². The zero-order chi connectivity index (χ0) is 14.7. The van der Waals surface area contributed by atoms with Gasteiger partial charge in [0.1, 0.15) is 11.5 Å². The first-order valence-electron chi connectivity index (χ1n) is 6.61. The van der Waals surface area contributed by atoms with Crippen molar-refractivity contribution in [1.29, 1.82) is 0 Å². The van der Waals surface area contributed by atoms with E-state index >= 15 is 0 Å². The average molecular weight is 296 g/mol. The molecule has 0 heterocycles. The summed E-state index contributed by atoms with van der Waals surface area (Å²) in [5, 5.41) is 0.555. The number of ether oxygens (including phenoxy) is 1. The van der Waals surface area contributed by atoms with Gasteiger partial charge in [-0.05, 0) is 35.4 Å². The fraction of sp³-hybridized carbons (Fsp3) is 0. The molecule has 0 aliphatic heterocycles. The Morgan fingerprint density at radius 1 is 0.714 bits per heavy atom. The van der Waals surface area contributed by atoms with Crippen LogP contribution >= 0.6 is 11.6 Å². The molecule has 0 amide bonds. The third kappa shape index (κ3) is 3.01. The first-order chi connectivity index (χ1) is 10.2. The van der Waals surface area contributed by atoms with Crippen LogP contribution in [0.2, 0.25) is 5.02 Å². The predicted molar refractivity (Wildman–Crippen MR) is 87.8 cm³/mol. The van der Waals surface area contributed by atoms with Crippen LogP contribution < -0.4 is 10.5 Å². The maximum Gasteiger partial charge on any atom is 0.150 e. The van der Waals surface area contributed by atoms with Gasteiger partial charge in [-0.15, -0.1) is 0 Å². The van der Waals surface area contributed by atoms with Gasteiger partial charge in [0.2, 0.25) is 0 Å². The van der Waals surface area contributed by atoms with E-state index in [1.54, 1.807) is 6.07 Å². The molecule has 3 rings (SSSR count). The van der Waals surface area contributed by atoms with Gasteiger partial charge >= 0.3 is 0 Å². The van der Waals surface area contributed by atoms with Crippen molar-refractivity contribution in [2.45, 2.75) is 0 Å². The lowest BCUT2D eigenvalue weighted by Crippen LogP contribution is -1.92. The van der Waals surface area contributed by atoms with Gasteiger partial charge in [0, 0.05) is 0 Å². The van der Waals surface area contributed by atoms with Crippen LogP contribution in [0.5, 0.6) is 11.5 Å². The lowest BCUT2D eigenvalue weighted by molar-refractivity contribution is 0.485. The maximum absolute atomic E-state index is 6.32. The monoisotopic (exact) mass is 295 g/mol. The van der Waals surface area contributed by atoms with Crippen LogP contribution in [0.3, 0.4) is 0 Å². The second kappa shape index (κ2) is 5.90. The van der Waals surface area contributed by atoms with Crippen molar-refractivity contribution in [2.24, 2.45) is 0 Å². The molecular weight excluding hydrogens is 282 g/mol. The SMILES string of the molecule is Nc1ccccc1Oc1ccc(-c2ccccc2)cc1Cl. The van der Waals surface area contributed by atoms with E-state index in [0.29, 0.717) is 22.2 Å². The summed E-state index contributed by atoms with van der Waals surface area (Å²) in [5.74, 6) is 1.20. The maximum atomic E-state index is 6.32. The van der Waals surface area contributed by atoms with Gasteiger partial charge in [-0.3, -0.25) is 0 Å². The summed E-state index contributed by atoms with van der Waals surface area (Å²) in [7, 11) is 0. The first kappa shape index (κ1) is 13.5. The molecule has 2 N–H and O–H groups in total. The van der Waals surface area contributed by atoms with Crippen molar-refractivity contribution in [1.82, 2.24) is 0 Å². The molecular formula is C18H14ClNO. The molecule has 0 atom stereocenters. The third-order valence-electron chi connectivity index (χ3n) is 3.18. The van der Waals surface area contributed by atoms with Gasteiger partial charge < -0.3 is 10.5 Å². The van der Waals surface area contributed by atoms with Crippen LogP contribution in [-0.2, 0) is 0 Å². The smallest absolute Gasteiger partial charge is 0.150 e. The Kier molecular flexibility index (Phi) is 3.80. The van der Waals surface area contributed by atoms with Crippen LogP contribution in [0.1, 0.15) is 0 Å². The van der Waals surface area contributed by atoms with E-state index in [2.05, 4.69) is 0 Å². The molecule has 0 aromatic heterocycles. The lowest BCUT2D eigenvalue weighted by Gasteiger charge is -2.11. The van der Waals surface area contributed by atoms with E-state index in [0.717, 1.165) is 11.1 Å². The Bertz CT molecular complexity index is 756. The molecule has 0 unspecified atom stereocenters. The highest BCUT2D eigenvalue weighted by molar-refractivity contribution is 6.32. The molecule has 0 radical (unpaired) electrons. The summed E-state index contributed by atoms with van der Waals surface area (Å²) in [6.45, 7) is 0. The number of hydrogen-bond acceptors (Lipinski definition) is 2. The quantitative estimate of drug-likeness (QED) is 0.658. The van der Waals surface area contributed by atoms with Crippen LogP contribution in [-0.4, -0.2) is 0 Å². The van der Waals surface area contributed by atoms with Gasteiger partial charge in [-0.1, -0.05) is 60.1 Å². The summed E-state index contributed by atoms with van der Waals surface area (Å²) < 4.78 is 5.77. The minimum Gasteiger partial charge on any atom is -0.454 e. The number of rotatable bonds is 3. The van der Waals surface area contributed by atoms with Gasteiger partial charge in [-0.2, -0.15) is 0 Å². The van der Waals surface area contributed by atoms with Crippen molar-refractivity contribution in [3.8, 4) is 22.6 Å². The first-order valence-corrected chi connectivity index (χ1v) is 6.99. The summed E-state index contributed by atoms with van der Waals surface area (Å²) in [4.78, 5) is 0. The molecule has 0 spiro atoms. The zero-order valence-electron chi connectivity index (χ0n) is 11.3. The molecule has 0 bridgehead atoms. The lowest BCUT2D eigenvalue weighted by atomic mass is 10.1. The highest BCUT2D eigenvalue weighted by Gasteiger charge is 2.07. The Morgan fingerprint density at radius 2 is 1.43 bits per heavy atom. The van der Waals surface area contributed by atoms with Crippen molar-refractivity contribution < 1.29 is 4.74 Å². The highest BCUT2D eigenvalue weighted by atomic mass is 35.5. The van der Waals surface area contributed by atoms with E-state index in [9.17, 15) is 0 Å². The molecule has 104 valence electrons. The molecule has 2 nitrogen and oxygen atoms in total. The topological polar surface area (TPSA) is 35.2 Å². The summed E-state index contributed by atoms with van der Waals surface area (Å²) in [5.41, 5.74) is 8.62. The van der Waals surface area contributed by atoms with Crippen LogP contribution in [0.15, 0.2) is 72.8 Å². The average Bonchev–Trinajstić information content (AvgIpc) is 2.52. The number of hydrogen-bond donors (Lipinski definition) is 1. The van der Waals surface area contributed by atoms with Crippen molar-refractivity contribution in [3.05, 3.63) is 77.8 Å². The standard InChI is InChI=1S/C18H14ClNO/c19-15-12-14(13-6-2-1-3-7-13)10-11-17(15)21-18-9-5-4-8-16(18)20/h1-12H,20H2. The van der Waals surface area contributed by atoms with Crippen LogP contribution in [0, 0.1) is 0 Å². The molecule has 3 aromatic carbocycles. The molecule has 3 aromatic rings. The number of anilines is 1. The predicted octanol–water partition coefficient (Wildman–Crippen LogP) is 5.38. The molecule has 3 heteroatoms. The molecule has 0 aliphatic rings. The van der Waals surface area contributed by atoms with E-state index in [1.807, 2.05) is 66.7 Å². The summed E-state index contributed by atoms with van der Waals surface area (Å²) in [6.07, 6.45) is 0. The normalized spacial score (nSPS) is 10.3. The van der Waals surface area contributed by atoms with E-state index < -0.39 is 0 Å². The van der Waals surface area contributed by atoms with Crippen molar-refractivity contribution in [2.75, 3.05) is 5.73 Å². The minimum absolute atomic E-state index is 0.555. The number of nitrogen functional groups attached to an aromatic ring is 1. The number of nitrogens with two attached hydrogens (primary N) is 1. The highest BCUT2D eigenvalue weighted by Crippen LogP contribution is 2.35. The van der Waals surface area contributed by atoms with Crippen LogP contribution in [0.25, 0.3) is 11.1 Å².